The van der Waals surface area contributed by atoms with E-state index in [1.807, 2.05) is 0 Å². The molecule has 9 aromatic rings. The highest BCUT2D eigenvalue weighted by molar-refractivity contribution is 6.01. The molecular formula is C63H47N. The van der Waals surface area contributed by atoms with Crippen LogP contribution < -0.4 is 4.90 Å². The Hall–Kier alpha value is -7.22. The van der Waals surface area contributed by atoms with Gasteiger partial charge in [0, 0.05) is 27.8 Å². The fourth-order valence-electron chi connectivity index (χ4n) is 13.7. The minimum absolute atomic E-state index is 0.0576. The van der Waals surface area contributed by atoms with Gasteiger partial charge in [0.2, 0.25) is 0 Å². The van der Waals surface area contributed by atoms with Crippen molar-refractivity contribution >= 4 is 17.1 Å². The van der Waals surface area contributed by atoms with Gasteiger partial charge in [-0.25, -0.2) is 0 Å². The molecular weight excluding hydrogens is 771 g/mol. The molecule has 0 radical (unpaired) electrons. The highest BCUT2D eigenvalue weighted by Gasteiger charge is 2.52. The van der Waals surface area contributed by atoms with Crippen molar-refractivity contribution in [2.24, 2.45) is 0 Å². The molecule has 0 heterocycles. The number of anilines is 3. The summed E-state index contributed by atoms with van der Waals surface area (Å²) >= 11 is 0. The van der Waals surface area contributed by atoms with Crippen molar-refractivity contribution in [3.05, 3.63) is 245 Å². The molecule has 0 atom stereocenters. The fourth-order valence-corrected chi connectivity index (χ4v) is 13.7. The largest absolute Gasteiger partial charge is 0.310 e. The number of rotatable bonds is 4. The third-order valence-electron chi connectivity index (χ3n) is 16.2. The van der Waals surface area contributed by atoms with Gasteiger partial charge in [-0.2, -0.15) is 0 Å². The second-order valence-electron chi connectivity index (χ2n) is 19.4. The van der Waals surface area contributed by atoms with E-state index in [2.05, 4.69) is 219 Å². The Morgan fingerprint density at radius 1 is 0.359 bits per heavy atom. The molecule has 0 bridgehead atoms. The van der Waals surface area contributed by atoms with Crippen molar-refractivity contribution in [1.82, 2.24) is 0 Å². The van der Waals surface area contributed by atoms with Gasteiger partial charge in [-0.05, 0) is 138 Å². The van der Waals surface area contributed by atoms with Crippen LogP contribution in [0.5, 0.6) is 0 Å². The summed E-state index contributed by atoms with van der Waals surface area (Å²) in [5.74, 6) is 0. The van der Waals surface area contributed by atoms with Gasteiger partial charge in [-0.1, -0.05) is 197 Å². The van der Waals surface area contributed by atoms with Crippen LogP contribution in [-0.2, 0) is 16.2 Å². The number of fused-ring (bicyclic) bond motifs is 18. The van der Waals surface area contributed by atoms with Crippen LogP contribution in [0.1, 0.15) is 84.0 Å². The van der Waals surface area contributed by atoms with Crippen molar-refractivity contribution in [3.63, 3.8) is 0 Å². The van der Waals surface area contributed by atoms with Crippen molar-refractivity contribution in [2.75, 3.05) is 4.90 Å². The summed E-state index contributed by atoms with van der Waals surface area (Å²) in [4.78, 5) is 2.59. The Morgan fingerprint density at radius 2 is 0.828 bits per heavy atom. The van der Waals surface area contributed by atoms with Crippen molar-refractivity contribution in [3.8, 4) is 55.6 Å². The van der Waals surface area contributed by atoms with Crippen molar-refractivity contribution in [1.29, 1.82) is 0 Å². The fraction of sp³-hybridized carbons (Fsp3) is 0.143. The van der Waals surface area contributed by atoms with Crippen LogP contribution in [0, 0.1) is 0 Å². The third-order valence-corrected chi connectivity index (χ3v) is 16.2. The van der Waals surface area contributed by atoms with Gasteiger partial charge in [0.05, 0.1) is 11.1 Å². The predicted octanol–water partition coefficient (Wildman–Crippen LogP) is 16.3. The van der Waals surface area contributed by atoms with E-state index in [0.717, 1.165) is 5.69 Å². The highest BCUT2D eigenvalue weighted by atomic mass is 15.1. The lowest BCUT2D eigenvalue weighted by Gasteiger charge is -2.32. The molecule has 1 fully saturated rings. The summed E-state index contributed by atoms with van der Waals surface area (Å²) in [5, 5.41) is 0. The predicted molar refractivity (Wildman–Crippen MR) is 265 cm³/mol. The molecule has 1 saturated carbocycles. The monoisotopic (exact) mass is 817 g/mol. The van der Waals surface area contributed by atoms with Crippen molar-refractivity contribution < 1.29 is 0 Å². The summed E-state index contributed by atoms with van der Waals surface area (Å²) in [6.45, 7) is 4.78. The van der Waals surface area contributed by atoms with Crippen LogP contribution in [-0.4, -0.2) is 0 Å². The van der Waals surface area contributed by atoms with Gasteiger partial charge in [-0.15, -0.1) is 0 Å². The van der Waals surface area contributed by atoms with E-state index < -0.39 is 5.41 Å². The van der Waals surface area contributed by atoms with Gasteiger partial charge in [0.15, 0.2) is 0 Å². The van der Waals surface area contributed by atoms with Crippen LogP contribution in [0.15, 0.2) is 200 Å². The zero-order valence-corrected chi connectivity index (χ0v) is 36.3. The molecule has 64 heavy (non-hydrogen) atoms. The second-order valence-corrected chi connectivity index (χ2v) is 19.4. The summed E-state index contributed by atoms with van der Waals surface area (Å²) in [5.41, 5.74) is 27.8. The molecule has 0 aromatic heterocycles. The lowest BCUT2D eigenvalue weighted by Crippen LogP contribution is -2.26. The molecule has 1 heteroatoms. The van der Waals surface area contributed by atoms with Crippen LogP contribution in [0.4, 0.5) is 17.1 Å². The van der Waals surface area contributed by atoms with Gasteiger partial charge < -0.3 is 4.90 Å². The topological polar surface area (TPSA) is 3.24 Å². The lowest BCUT2D eigenvalue weighted by atomic mass is 9.70. The van der Waals surface area contributed by atoms with Crippen LogP contribution in [0.3, 0.4) is 0 Å². The maximum atomic E-state index is 2.59. The average Bonchev–Trinajstić information content (AvgIpc) is 4.15. The van der Waals surface area contributed by atoms with Gasteiger partial charge in [0.25, 0.3) is 0 Å². The Labute approximate surface area is 376 Å². The Bertz CT molecular complexity index is 3380. The summed E-state index contributed by atoms with van der Waals surface area (Å²) in [6, 6.07) is 76.7. The standard InChI is InChI=1S/C63H47N/c1-61(2)51-24-8-3-20-47(51)49-23-15-22-43(60(49)61)40-31-33-41(34-32-40)64(42-35-36-48-44-17-4-9-25-52(44)62(57(48)39-42)37-13-14-38-62)58-30-16-29-56-59(58)50-21-7-12-28-55(50)63(56)53-26-10-5-18-45(53)46-19-6-11-27-54(46)63/h3-12,15-36,39H,13-14,37-38H2,1-2H3. The Balaban J connectivity index is 1.00. The molecule has 14 rings (SSSR count). The molecule has 0 amide bonds. The molecule has 0 saturated heterocycles. The quantitative estimate of drug-likeness (QED) is 0.171. The normalized spacial score (nSPS) is 16.4. The smallest absolute Gasteiger partial charge is 0.0726 e. The number of hydrogen-bond donors (Lipinski definition) is 0. The van der Waals surface area contributed by atoms with E-state index in [9.17, 15) is 0 Å². The van der Waals surface area contributed by atoms with Crippen LogP contribution >= 0.6 is 0 Å². The molecule has 0 unspecified atom stereocenters. The summed E-state index contributed by atoms with van der Waals surface area (Å²) < 4.78 is 0. The Kier molecular flexibility index (Phi) is 7.33. The van der Waals surface area contributed by atoms with E-state index in [4.69, 9.17) is 0 Å². The molecule has 2 spiro atoms. The summed E-state index contributed by atoms with van der Waals surface area (Å²) in [7, 11) is 0. The summed E-state index contributed by atoms with van der Waals surface area (Å²) in [6.07, 6.45) is 4.93. The molecule has 5 aliphatic carbocycles. The van der Waals surface area contributed by atoms with E-state index in [-0.39, 0.29) is 10.8 Å². The highest BCUT2D eigenvalue weighted by Crippen LogP contribution is 2.65. The molecule has 0 N–H and O–H groups in total. The first-order valence-corrected chi connectivity index (χ1v) is 23.3. The molecule has 5 aliphatic rings. The first-order valence-electron chi connectivity index (χ1n) is 23.3. The molecule has 304 valence electrons. The molecule has 1 nitrogen and oxygen atoms in total. The van der Waals surface area contributed by atoms with Crippen molar-refractivity contribution in [2.45, 2.75) is 55.8 Å². The van der Waals surface area contributed by atoms with Crippen LogP contribution in [0.2, 0.25) is 0 Å². The van der Waals surface area contributed by atoms with Gasteiger partial charge >= 0.3 is 0 Å². The van der Waals surface area contributed by atoms with Gasteiger partial charge in [-0.3, -0.25) is 0 Å². The minimum atomic E-state index is -0.420. The average molecular weight is 818 g/mol. The zero-order chi connectivity index (χ0) is 42.4. The number of nitrogens with zero attached hydrogens (tertiary/aromatic N) is 1. The van der Waals surface area contributed by atoms with E-state index in [1.165, 1.54) is 137 Å². The van der Waals surface area contributed by atoms with Gasteiger partial charge in [0.1, 0.15) is 0 Å². The van der Waals surface area contributed by atoms with E-state index in [0.29, 0.717) is 0 Å². The third kappa shape index (κ3) is 4.49. The Morgan fingerprint density at radius 3 is 1.50 bits per heavy atom. The SMILES string of the molecule is CC1(C)c2ccccc2-c2cccc(-c3ccc(N(c4ccc5c(c4)C4(CCCC4)c4ccccc4-5)c4cccc5c4-c4ccccc4C54c5ccccc5-c5ccccc54)cc3)c21. The maximum Gasteiger partial charge on any atom is 0.0726 e. The molecule has 0 aliphatic heterocycles. The minimum Gasteiger partial charge on any atom is -0.310 e. The lowest BCUT2D eigenvalue weighted by molar-refractivity contribution is 0.550. The van der Waals surface area contributed by atoms with E-state index in [1.54, 1.807) is 0 Å². The first kappa shape index (κ1) is 36.3. The first-order chi connectivity index (χ1) is 31.5. The number of benzene rings is 9. The maximum absolute atomic E-state index is 2.59. The van der Waals surface area contributed by atoms with E-state index >= 15 is 0 Å². The number of hydrogen-bond acceptors (Lipinski definition) is 1. The second kappa shape index (κ2) is 12.9. The zero-order valence-electron chi connectivity index (χ0n) is 36.3. The molecule has 9 aromatic carbocycles. The van der Waals surface area contributed by atoms with Crippen LogP contribution in [0.25, 0.3) is 55.6 Å².